The van der Waals surface area contributed by atoms with Crippen LogP contribution >= 0.6 is 0 Å². The van der Waals surface area contributed by atoms with E-state index < -0.39 is 0 Å². The monoisotopic (exact) mass is 256 g/mol. The molecule has 0 aliphatic carbocycles. The number of hydrogen-bond acceptors (Lipinski definition) is 0. The van der Waals surface area contributed by atoms with Crippen molar-refractivity contribution in [1.29, 1.82) is 0 Å². The van der Waals surface area contributed by atoms with E-state index >= 15 is 0 Å². The van der Waals surface area contributed by atoms with Crippen LogP contribution in [-0.4, -0.2) is 0 Å². The summed E-state index contributed by atoms with van der Waals surface area (Å²) < 4.78 is 0. The molecule has 0 aliphatic heterocycles. The van der Waals surface area contributed by atoms with Gasteiger partial charge >= 0.3 is 0 Å². The van der Waals surface area contributed by atoms with E-state index in [0.717, 1.165) is 0 Å². The number of rotatable bonds is 3. The second kappa shape index (κ2) is 6.03. The molecule has 0 aliphatic rings. The molecule has 0 fully saturated rings. The SMILES string of the molecule is C(=C/c1ccc2ccccc2c1)/C=C/c1ccccc1. The normalized spacial score (nSPS) is 11.6. The Morgan fingerprint density at radius 2 is 1.15 bits per heavy atom. The molecule has 0 atom stereocenters. The van der Waals surface area contributed by atoms with Gasteiger partial charge in [0.15, 0.2) is 0 Å². The van der Waals surface area contributed by atoms with E-state index in [1.807, 2.05) is 18.2 Å². The molecule has 20 heavy (non-hydrogen) atoms. The van der Waals surface area contributed by atoms with Gasteiger partial charge in [0.05, 0.1) is 0 Å². The van der Waals surface area contributed by atoms with E-state index in [1.54, 1.807) is 0 Å². The lowest BCUT2D eigenvalue weighted by Crippen LogP contribution is -1.74. The maximum absolute atomic E-state index is 2.21. The second-order valence-corrected chi connectivity index (χ2v) is 4.74. The Hall–Kier alpha value is -2.60. The van der Waals surface area contributed by atoms with E-state index in [-0.39, 0.29) is 0 Å². The summed E-state index contributed by atoms with van der Waals surface area (Å²) in [6, 6.07) is 25.3. The summed E-state index contributed by atoms with van der Waals surface area (Å²) in [4.78, 5) is 0. The molecular weight excluding hydrogens is 240 g/mol. The van der Waals surface area contributed by atoms with Crippen molar-refractivity contribution in [2.75, 3.05) is 0 Å². The third-order valence-corrected chi connectivity index (χ3v) is 3.26. The maximum Gasteiger partial charge on any atom is -0.0178 e. The first-order valence-corrected chi connectivity index (χ1v) is 6.80. The van der Waals surface area contributed by atoms with Crippen LogP contribution in [0.25, 0.3) is 22.9 Å². The molecule has 3 rings (SSSR count). The van der Waals surface area contributed by atoms with Crippen LogP contribution in [0.2, 0.25) is 0 Å². The van der Waals surface area contributed by atoms with Crippen LogP contribution in [-0.2, 0) is 0 Å². The van der Waals surface area contributed by atoms with Crippen molar-refractivity contribution in [2.45, 2.75) is 0 Å². The van der Waals surface area contributed by atoms with Gasteiger partial charge < -0.3 is 0 Å². The fraction of sp³-hybridized carbons (Fsp3) is 0. The molecule has 0 heterocycles. The van der Waals surface area contributed by atoms with E-state index in [9.17, 15) is 0 Å². The second-order valence-electron chi connectivity index (χ2n) is 4.74. The lowest BCUT2D eigenvalue weighted by molar-refractivity contribution is 1.66. The third-order valence-electron chi connectivity index (χ3n) is 3.26. The van der Waals surface area contributed by atoms with Gasteiger partial charge in [0.25, 0.3) is 0 Å². The van der Waals surface area contributed by atoms with Crippen LogP contribution in [0.5, 0.6) is 0 Å². The molecule has 96 valence electrons. The summed E-state index contributed by atoms with van der Waals surface area (Å²) in [5.74, 6) is 0. The lowest BCUT2D eigenvalue weighted by atomic mass is 10.1. The fourth-order valence-corrected chi connectivity index (χ4v) is 2.21. The van der Waals surface area contributed by atoms with Crippen LogP contribution in [0, 0.1) is 0 Å². The zero-order chi connectivity index (χ0) is 13.6. The molecule has 0 aromatic heterocycles. The highest BCUT2D eigenvalue weighted by atomic mass is 14.0. The van der Waals surface area contributed by atoms with Gasteiger partial charge in [0, 0.05) is 0 Å². The zero-order valence-electron chi connectivity index (χ0n) is 11.2. The minimum absolute atomic E-state index is 1.22. The number of allylic oxidation sites excluding steroid dienone is 2. The van der Waals surface area contributed by atoms with E-state index in [4.69, 9.17) is 0 Å². The molecule has 0 saturated carbocycles. The Balaban J connectivity index is 1.76. The van der Waals surface area contributed by atoms with Gasteiger partial charge in [-0.05, 0) is 28.0 Å². The van der Waals surface area contributed by atoms with Crippen molar-refractivity contribution < 1.29 is 0 Å². The predicted molar refractivity (Wildman–Crippen MR) is 88.5 cm³/mol. The quantitative estimate of drug-likeness (QED) is 0.538. The Morgan fingerprint density at radius 1 is 0.500 bits per heavy atom. The molecule has 0 saturated heterocycles. The summed E-state index contributed by atoms with van der Waals surface area (Å²) in [5.41, 5.74) is 2.44. The summed E-state index contributed by atoms with van der Waals surface area (Å²) in [5, 5.41) is 2.56. The molecule has 0 bridgehead atoms. The molecule has 0 N–H and O–H groups in total. The summed E-state index contributed by atoms with van der Waals surface area (Å²) in [7, 11) is 0. The minimum atomic E-state index is 1.22. The van der Waals surface area contributed by atoms with Gasteiger partial charge in [-0.3, -0.25) is 0 Å². The maximum atomic E-state index is 2.21. The first kappa shape index (κ1) is 12.4. The van der Waals surface area contributed by atoms with Gasteiger partial charge in [-0.2, -0.15) is 0 Å². The highest BCUT2D eigenvalue weighted by molar-refractivity contribution is 5.84. The molecule has 3 aromatic carbocycles. The average Bonchev–Trinajstić information content (AvgIpc) is 2.52. The van der Waals surface area contributed by atoms with Crippen LogP contribution < -0.4 is 0 Å². The van der Waals surface area contributed by atoms with Gasteiger partial charge in [0.1, 0.15) is 0 Å². The van der Waals surface area contributed by atoms with Crippen molar-refractivity contribution in [3.63, 3.8) is 0 Å². The largest absolute Gasteiger partial charge is 0.0622 e. The first-order valence-electron chi connectivity index (χ1n) is 6.80. The summed E-state index contributed by atoms with van der Waals surface area (Å²) >= 11 is 0. The molecule has 0 spiro atoms. The molecule has 0 amide bonds. The van der Waals surface area contributed by atoms with Crippen molar-refractivity contribution >= 4 is 22.9 Å². The Kier molecular flexibility index (Phi) is 3.75. The molecule has 0 unspecified atom stereocenters. The standard InChI is InChI=1S/C20H16/c1-2-8-17(9-3-1)10-4-5-11-18-14-15-19-12-6-7-13-20(19)16-18/h1-16H/b10-4+,11-5-. The predicted octanol–water partition coefficient (Wildman–Crippen LogP) is 5.57. The molecule has 0 nitrogen and oxygen atoms in total. The molecular formula is C20H16. The van der Waals surface area contributed by atoms with Crippen molar-refractivity contribution in [2.24, 2.45) is 0 Å². The zero-order valence-corrected chi connectivity index (χ0v) is 11.2. The van der Waals surface area contributed by atoms with Crippen LogP contribution in [0.3, 0.4) is 0 Å². The van der Waals surface area contributed by atoms with Gasteiger partial charge in [-0.25, -0.2) is 0 Å². The highest BCUT2D eigenvalue weighted by Crippen LogP contribution is 2.16. The summed E-state index contributed by atoms with van der Waals surface area (Å²) in [6.45, 7) is 0. The van der Waals surface area contributed by atoms with Crippen LogP contribution in [0.1, 0.15) is 11.1 Å². The molecule has 0 radical (unpaired) electrons. The number of benzene rings is 3. The fourth-order valence-electron chi connectivity index (χ4n) is 2.21. The number of hydrogen-bond donors (Lipinski definition) is 0. The third kappa shape index (κ3) is 3.04. The Morgan fingerprint density at radius 3 is 1.95 bits per heavy atom. The van der Waals surface area contributed by atoms with E-state index in [2.05, 4.69) is 78.9 Å². The topological polar surface area (TPSA) is 0 Å². The van der Waals surface area contributed by atoms with Gasteiger partial charge in [-0.15, -0.1) is 0 Å². The molecule has 0 heteroatoms. The first-order chi connectivity index (χ1) is 9.92. The van der Waals surface area contributed by atoms with Crippen molar-refractivity contribution in [1.82, 2.24) is 0 Å². The molecule has 3 aromatic rings. The van der Waals surface area contributed by atoms with E-state index in [0.29, 0.717) is 0 Å². The Labute approximate surface area is 119 Å². The average molecular weight is 256 g/mol. The smallest absolute Gasteiger partial charge is 0.0178 e. The van der Waals surface area contributed by atoms with Crippen LogP contribution in [0.4, 0.5) is 0 Å². The summed E-state index contributed by atoms with van der Waals surface area (Å²) in [6.07, 6.45) is 8.39. The van der Waals surface area contributed by atoms with E-state index in [1.165, 1.54) is 21.9 Å². The highest BCUT2D eigenvalue weighted by Gasteiger charge is 1.91. The number of fused-ring (bicyclic) bond motifs is 1. The van der Waals surface area contributed by atoms with Gasteiger partial charge in [0.2, 0.25) is 0 Å². The minimum Gasteiger partial charge on any atom is -0.0622 e. The van der Waals surface area contributed by atoms with Crippen molar-refractivity contribution in [3.8, 4) is 0 Å². The van der Waals surface area contributed by atoms with Crippen molar-refractivity contribution in [3.05, 3.63) is 96.1 Å². The van der Waals surface area contributed by atoms with Crippen LogP contribution in [0.15, 0.2) is 84.9 Å². The van der Waals surface area contributed by atoms with Gasteiger partial charge in [-0.1, -0.05) is 91.0 Å². The lowest BCUT2D eigenvalue weighted by Gasteiger charge is -1.98. The Bertz CT molecular complexity index is 749.